The van der Waals surface area contributed by atoms with Crippen molar-refractivity contribution >= 4 is 29.3 Å². The molecule has 1 aliphatic rings. The summed E-state index contributed by atoms with van der Waals surface area (Å²) in [5, 5.41) is 12.4. The summed E-state index contributed by atoms with van der Waals surface area (Å²) in [6.07, 6.45) is 2.06. The third kappa shape index (κ3) is 5.37. The minimum absolute atomic E-state index is 0.0638. The number of thioether (sulfide) groups is 1. The van der Waals surface area contributed by atoms with Gasteiger partial charge in [0.1, 0.15) is 16.7 Å². The van der Waals surface area contributed by atoms with Crippen LogP contribution in [0, 0.1) is 25.2 Å². The smallest absolute Gasteiger partial charge is 0.264 e. The predicted octanol–water partition coefficient (Wildman–Crippen LogP) is 5.16. The Kier molecular flexibility index (Phi) is 7.78. The Balaban J connectivity index is 2.01. The van der Waals surface area contributed by atoms with Crippen LogP contribution in [0.15, 0.2) is 65.7 Å². The zero-order chi connectivity index (χ0) is 24.1. The molecule has 1 atom stereocenters. The Morgan fingerprint density at radius 1 is 1.21 bits per heavy atom. The molecule has 3 rings (SSSR count). The normalized spacial score (nSPS) is 17.2. The van der Waals surface area contributed by atoms with Gasteiger partial charge in [-0.15, -0.1) is 6.58 Å². The van der Waals surface area contributed by atoms with Gasteiger partial charge in [0, 0.05) is 12.2 Å². The number of rotatable bonds is 7. The molecule has 0 aromatic heterocycles. The van der Waals surface area contributed by atoms with Crippen LogP contribution in [-0.2, 0) is 16.0 Å². The SMILES string of the molecule is C=CCNC(=O)/C(C#N)=C1\SC(Cc2ccc(C(C)C)cc2)C(=O)N1c1ccc(C)c(C)c1. The molecule has 2 amide bonds. The predicted molar refractivity (Wildman–Crippen MR) is 135 cm³/mol. The number of nitriles is 1. The molecule has 0 spiro atoms. The number of nitrogens with zero attached hydrogens (tertiary/aromatic N) is 2. The second-order valence-corrected chi connectivity index (χ2v) is 9.63. The summed E-state index contributed by atoms with van der Waals surface area (Å²) in [5.41, 5.74) is 5.02. The summed E-state index contributed by atoms with van der Waals surface area (Å²) < 4.78 is 0. The van der Waals surface area contributed by atoms with Gasteiger partial charge in [0.15, 0.2) is 0 Å². The van der Waals surface area contributed by atoms with Crippen LogP contribution in [0.4, 0.5) is 5.69 Å². The zero-order valence-corrected chi connectivity index (χ0v) is 20.3. The maximum Gasteiger partial charge on any atom is 0.264 e. The van der Waals surface area contributed by atoms with Gasteiger partial charge in [0.2, 0.25) is 5.91 Å². The average Bonchev–Trinajstić information content (AvgIpc) is 3.10. The fourth-order valence-corrected chi connectivity index (χ4v) is 4.90. The standard InChI is InChI=1S/C27H29N3O2S/c1-6-13-29-25(31)23(16-28)27-30(22-12-7-18(4)19(5)14-22)26(32)24(33-27)15-20-8-10-21(11-9-20)17(2)3/h6-12,14,17,24H,1,13,15H2,2-5H3,(H,29,31)/b27-23-. The summed E-state index contributed by atoms with van der Waals surface area (Å²) in [4.78, 5) is 27.8. The van der Waals surface area contributed by atoms with Crippen molar-refractivity contribution < 1.29 is 9.59 Å². The lowest BCUT2D eigenvalue weighted by Gasteiger charge is -2.20. The van der Waals surface area contributed by atoms with Gasteiger partial charge in [-0.05, 0) is 60.6 Å². The molecule has 1 saturated heterocycles. The third-order valence-electron chi connectivity index (χ3n) is 5.73. The number of benzene rings is 2. The zero-order valence-electron chi connectivity index (χ0n) is 19.5. The van der Waals surface area contributed by atoms with Gasteiger partial charge in [0.25, 0.3) is 5.91 Å². The number of nitrogens with one attached hydrogen (secondary N) is 1. The number of carbonyl (C=O) groups is 2. The van der Waals surface area contributed by atoms with E-state index in [9.17, 15) is 14.9 Å². The van der Waals surface area contributed by atoms with Crippen molar-refractivity contribution in [1.29, 1.82) is 5.26 Å². The summed E-state index contributed by atoms with van der Waals surface area (Å²) in [7, 11) is 0. The van der Waals surface area contributed by atoms with Gasteiger partial charge in [-0.25, -0.2) is 0 Å². The number of hydrogen-bond acceptors (Lipinski definition) is 4. The first-order valence-electron chi connectivity index (χ1n) is 11.0. The summed E-state index contributed by atoms with van der Waals surface area (Å²) >= 11 is 1.28. The quantitative estimate of drug-likeness (QED) is 0.353. The number of hydrogen-bond donors (Lipinski definition) is 1. The van der Waals surface area contributed by atoms with E-state index in [1.807, 2.05) is 50.2 Å². The highest BCUT2D eigenvalue weighted by atomic mass is 32.2. The van der Waals surface area contributed by atoms with Crippen LogP contribution in [0.1, 0.15) is 42.0 Å². The monoisotopic (exact) mass is 459 g/mol. The molecule has 1 N–H and O–H groups in total. The van der Waals surface area contributed by atoms with E-state index < -0.39 is 11.2 Å². The fourth-order valence-electron chi connectivity index (χ4n) is 3.59. The average molecular weight is 460 g/mol. The lowest BCUT2D eigenvalue weighted by Crippen LogP contribution is -2.32. The van der Waals surface area contributed by atoms with Crippen molar-refractivity contribution in [3.05, 3.63) is 88.0 Å². The van der Waals surface area contributed by atoms with Crippen LogP contribution in [-0.4, -0.2) is 23.6 Å². The second kappa shape index (κ2) is 10.5. The van der Waals surface area contributed by atoms with Gasteiger partial charge in [-0.2, -0.15) is 5.26 Å². The number of amides is 2. The van der Waals surface area contributed by atoms with Crippen LogP contribution in [0.3, 0.4) is 0 Å². The first kappa shape index (κ1) is 24.3. The van der Waals surface area contributed by atoms with Gasteiger partial charge in [0.05, 0.1) is 5.25 Å². The van der Waals surface area contributed by atoms with Gasteiger partial charge >= 0.3 is 0 Å². The molecule has 6 heteroatoms. The van der Waals surface area contributed by atoms with Crippen molar-refractivity contribution in [2.75, 3.05) is 11.4 Å². The molecule has 0 bridgehead atoms. The van der Waals surface area contributed by atoms with E-state index in [1.54, 1.807) is 6.08 Å². The van der Waals surface area contributed by atoms with E-state index in [-0.39, 0.29) is 18.0 Å². The minimum Gasteiger partial charge on any atom is -0.348 e. The van der Waals surface area contributed by atoms with E-state index in [4.69, 9.17) is 0 Å². The summed E-state index contributed by atoms with van der Waals surface area (Å²) in [6.45, 7) is 12.1. The molecule has 2 aromatic rings. The van der Waals surface area contributed by atoms with Crippen molar-refractivity contribution in [2.24, 2.45) is 0 Å². The molecular weight excluding hydrogens is 430 g/mol. The Bertz CT molecular complexity index is 1140. The van der Waals surface area contributed by atoms with Gasteiger partial charge < -0.3 is 5.32 Å². The first-order chi connectivity index (χ1) is 15.8. The fraction of sp³-hybridized carbons (Fsp3) is 0.296. The Labute approximate surface area is 200 Å². The van der Waals surface area contributed by atoms with E-state index in [0.29, 0.717) is 23.1 Å². The molecular formula is C27H29N3O2S. The van der Waals surface area contributed by atoms with Crippen LogP contribution >= 0.6 is 11.8 Å². The van der Waals surface area contributed by atoms with E-state index in [2.05, 4.69) is 37.9 Å². The van der Waals surface area contributed by atoms with Crippen LogP contribution in [0.25, 0.3) is 0 Å². The lowest BCUT2D eigenvalue weighted by molar-refractivity contribution is -0.117. The topological polar surface area (TPSA) is 73.2 Å². The van der Waals surface area contributed by atoms with Crippen molar-refractivity contribution in [3.8, 4) is 6.07 Å². The highest BCUT2D eigenvalue weighted by Crippen LogP contribution is 2.42. The molecule has 2 aromatic carbocycles. The van der Waals surface area contributed by atoms with Crippen molar-refractivity contribution in [2.45, 2.75) is 45.3 Å². The number of carbonyl (C=O) groups excluding carboxylic acids is 2. The summed E-state index contributed by atoms with van der Waals surface area (Å²) in [5.74, 6) is -0.206. The van der Waals surface area contributed by atoms with E-state index in [1.165, 1.54) is 22.2 Å². The second-order valence-electron chi connectivity index (χ2n) is 8.44. The maximum atomic E-state index is 13.6. The molecule has 1 aliphatic heterocycles. The third-order valence-corrected chi connectivity index (χ3v) is 6.99. The Morgan fingerprint density at radius 2 is 1.91 bits per heavy atom. The van der Waals surface area contributed by atoms with Crippen LogP contribution in [0.2, 0.25) is 0 Å². The number of aryl methyl sites for hydroxylation is 2. The highest BCUT2D eigenvalue weighted by Gasteiger charge is 2.40. The van der Waals surface area contributed by atoms with Crippen molar-refractivity contribution in [1.82, 2.24) is 5.32 Å². The van der Waals surface area contributed by atoms with Gasteiger partial charge in [-0.3, -0.25) is 14.5 Å². The molecule has 0 saturated carbocycles. The molecule has 1 fully saturated rings. The van der Waals surface area contributed by atoms with Crippen molar-refractivity contribution in [3.63, 3.8) is 0 Å². The molecule has 33 heavy (non-hydrogen) atoms. The Morgan fingerprint density at radius 3 is 2.48 bits per heavy atom. The molecule has 5 nitrogen and oxygen atoms in total. The minimum atomic E-state index is -0.511. The first-order valence-corrected chi connectivity index (χ1v) is 11.8. The molecule has 1 heterocycles. The lowest BCUT2D eigenvalue weighted by atomic mass is 10.00. The number of anilines is 1. The Hall–Kier alpha value is -3.30. The molecule has 170 valence electrons. The largest absolute Gasteiger partial charge is 0.348 e. The molecule has 1 unspecified atom stereocenters. The molecule has 0 radical (unpaired) electrons. The van der Waals surface area contributed by atoms with E-state index >= 15 is 0 Å². The maximum absolute atomic E-state index is 13.6. The van der Waals surface area contributed by atoms with Crippen LogP contribution < -0.4 is 10.2 Å². The van der Waals surface area contributed by atoms with Crippen LogP contribution in [0.5, 0.6) is 0 Å². The highest BCUT2D eigenvalue weighted by molar-refractivity contribution is 8.05. The van der Waals surface area contributed by atoms with E-state index in [0.717, 1.165) is 16.7 Å². The van der Waals surface area contributed by atoms with Gasteiger partial charge in [-0.1, -0.05) is 62.0 Å². The summed E-state index contributed by atoms with van der Waals surface area (Å²) in [6, 6.07) is 16.0. The molecule has 0 aliphatic carbocycles.